The molecule has 1 fully saturated rings. The van der Waals surface area contributed by atoms with Crippen LogP contribution in [0.15, 0.2) is 0 Å². The Kier molecular flexibility index (Phi) is 7.65. The molecule has 0 aliphatic carbocycles. The van der Waals surface area contributed by atoms with Gasteiger partial charge in [0.1, 0.15) is 0 Å². The summed E-state index contributed by atoms with van der Waals surface area (Å²) >= 11 is 0. The molecule has 0 radical (unpaired) electrons. The monoisotopic (exact) mass is 230 g/mol. The van der Waals surface area contributed by atoms with Gasteiger partial charge in [-0.25, -0.2) is 0 Å². The van der Waals surface area contributed by atoms with Crippen LogP contribution >= 0.6 is 0 Å². The first kappa shape index (κ1) is 13.8. The Bertz CT molecular complexity index is 131. The lowest BCUT2D eigenvalue weighted by Gasteiger charge is -2.21. The van der Waals surface area contributed by atoms with E-state index in [0.717, 1.165) is 52.9 Å². The minimum atomic E-state index is 0.867. The average molecular weight is 230 g/mol. The summed E-state index contributed by atoms with van der Waals surface area (Å²) in [5.41, 5.74) is 0. The molecule has 6 nitrogen and oxygen atoms in total. The van der Waals surface area contributed by atoms with Crippen LogP contribution in [0.3, 0.4) is 0 Å². The predicted octanol–water partition coefficient (Wildman–Crippen LogP) is -1.95. The zero-order valence-corrected chi connectivity index (χ0v) is 10.6. The van der Waals surface area contributed by atoms with Gasteiger partial charge in [0, 0.05) is 52.9 Å². The van der Waals surface area contributed by atoms with Crippen molar-refractivity contribution in [1.82, 2.24) is 31.1 Å². The molecule has 0 unspecified atom stereocenters. The number of likely N-dealkylation sites (N-methyl/N-ethyl adjacent to an activating group) is 1. The minimum Gasteiger partial charge on any atom is -0.303 e. The third kappa shape index (κ3) is 7.10. The van der Waals surface area contributed by atoms with Gasteiger partial charge < -0.3 is 16.0 Å². The van der Waals surface area contributed by atoms with E-state index in [1.165, 1.54) is 0 Å². The van der Waals surface area contributed by atoms with E-state index in [2.05, 4.69) is 45.2 Å². The fraction of sp³-hybridized carbons (Fsp3) is 1.00. The van der Waals surface area contributed by atoms with Crippen molar-refractivity contribution in [3.8, 4) is 0 Å². The van der Waals surface area contributed by atoms with Gasteiger partial charge in [-0.2, -0.15) is 0 Å². The molecule has 0 spiro atoms. The van der Waals surface area contributed by atoms with Crippen LogP contribution in [0.5, 0.6) is 0 Å². The Labute approximate surface area is 98.7 Å². The summed E-state index contributed by atoms with van der Waals surface area (Å²) in [7, 11) is 4.24. The van der Waals surface area contributed by atoms with Crippen LogP contribution in [-0.4, -0.2) is 76.7 Å². The zero-order valence-electron chi connectivity index (χ0n) is 10.6. The van der Waals surface area contributed by atoms with Gasteiger partial charge in [-0.05, 0) is 14.1 Å². The van der Waals surface area contributed by atoms with E-state index >= 15 is 0 Å². The number of hydrogen-bond donors (Lipinski definition) is 4. The summed E-state index contributed by atoms with van der Waals surface area (Å²) < 4.78 is 0. The Morgan fingerprint density at radius 1 is 0.688 bits per heavy atom. The van der Waals surface area contributed by atoms with Crippen molar-refractivity contribution in [3.05, 3.63) is 0 Å². The molecule has 1 rings (SSSR count). The largest absolute Gasteiger partial charge is 0.303 e. The van der Waals surface area contributed by atoms with Crippen LogP contribution in [0.2, 0.25) is 0 Å². The van der Waals surface area contributed by atoms with Gasteiger partial charge in [-0.3, -0.25) is 15.1 Å². The Balaban J connectivity index is 2.18. The van der Waals surface area contributed by atoms with E-state index in [1.807, 2.05) is 0 Å². The molecule has 0 atom stereocenters. The van der Waals surface area contributed by atoms with E-state index in [1.54, 1.807) is 0 Å². The topological polar surface area (TPSA) is 54.6 Å². The molecule has 0 amide bonds. The van der Waals surface area contributed by atoms with Crippen LogP contribution in [-0.2, 0) is 0 Å². The Morgan fingerprint density at radius 3 is 2.06 bits per heavy atom. The molecule has 0 aromatic rings. The van der Waals surface area contributed by atoms with Gasteiger partial charge in [0.2, 0.25) is 0 Å². The van der Waals surface area contributed by atoms with Crippen LogP contribution in [0, 0.1) is 0 Å². The molecule has 0 aromatic heterocycles. The maximum atomic E-state index is 3.41. The standard InChI is InChI=1S/C10H26N6/c1-15-6-5-11-7-14-10-16(2)9-13-4-3-12-8-15/h11-14H,3-10H2,1-2H3. The minimum absolute atomic E-state index is 0.867. The second kappa shape index (κ2) is 8.86. The number of nitrogens with one attached hydrogen (secondary N) is 4. The lowest BCUT2D eigenvalue weighted by molar-refractivity contribution is 0.263. The summed E-state index contributed by atoms with van der Waals surface area (Å²) in [4.78, 5) is 4.50. The van der Waals surface area contributed by atoms with Crippen molar-refractivity contribution in [2.24, 2.45) is 0 Å². The molecule has 0 aromatic carbocycles. The molecule has 16 heavy (non-hydrogen) atoms. The van der Waals surface area contributed by atoms with Gasteiger partial charge in [0.15, 0.2) is 0 Å². The van der Waals surface area contributed by atoms with Crippen molar-refractivity contribution in [2.45, 2.75) is 0 Å². The van der Waals surface area contributed by atoms with Gasteiger partial charge in [-0.15, -0.1) is 0 Å². The van der Waals surface area contributed by atoms with Crippen LogP contribution in [0.25, 0.3) is 0 Å². The molecular formula is C10H26N6. The average Bonchev–Trinajstić information content (AvgIpc) is 2.27. The van der Waals surface area contributed by atoms with Crippen LogP contribution in [0.4, 0.5) is 0 Å². The van der Waals surface area contributed by atoms with Crippen LogP contribution in [0.1, 0.15) is 0 Å². The van der Waals surface area contributed by atoms with Crippen molar-refractivity contribution < 1.29 is 0 Å². The highest BCUT2D eigenvalue weighted by atomic mass is 15.3. The first-order valence-corrected chi connectivity index (χ1v) is 5.99. The predicted molar refractivity (Wildman–Crippen MR) is 67.0 cm³/mol. The molecular weight excluding hydrogens is 204 g/mol. The van der Waals surface area contributed by atoms with Crippen molar-refractivity contribution >= 4 is 0 Å². The lowest BCUT2D eigenvalue weighted by Crippen LogP contribution is -2.45. The third-order valence-electron chi connectivity index (χ3n) is 2.54. The van der Waals surface area contributed by atoms with E-state index in [0.29, 0.717) is 0 Å². The van der Waals surface area contributed by atoms with E-state index < -0.39 is 0 Å². The lowest BCUT2D eigenvalue weighted by atomic mass is 10.5. The van der Waals surface area contributed by atoms with E-state index in [9.17, 15) is 0 Å². The molecule has 1 aliphatic heterocycles. The molecule has 1 heterocycles. The highest BCUT2D eigenvalue weighted by Crippen LogP contribution is 1.78. The van der Waals surface area contributed by atoms with E-state index in [-0.39, 0.29) is 0 Å². The van der Waals surface area contributed by atoms with Gasteiger partial charge in [-0.1, -0.05) is 0 Å². The maximum Gasteiger partial charge on any atom is 0.0499 e. The summed E-state index contributed by atoms with van der Waals surface area (Å²) in [6.45, 7) is 7.76. The molecule has 6 heteroatoms. The summed E-state index contributed by atoms with van der Waals surface area (Å²) in [5.74, 6) is 0. The molecule has 96 valence electrons. The molecule has 0 saturated carbocycles. The summed E-state index contributed by atoms with van der Waals surface area (Å²) in [5, 5.41) is 13.5. The van der Waals surface area contributed by atoms with Crippen molar-refractivity contribution in [2.75, 3.05) is 66.9 Å². The van der Waals surface area contributed by atoms with Gasteiger partial charge in [0.25, 0.3) is 0 Å². The van der Waals surface area contributed by atoms with Crippen molar-refractivity contribution in [3.63, 3.8) is 0 Å². The molecule has 4 N–H and O–H groups in total. The number of rotatable bonds is 0. The smallest absolute Gasteiger partial charge is 0.0499 e. The Morgan fingerprint density at radius 2 is 1.31 bits per heavy atom. The number of hydrogen-bond acceptors (Lipinski definition) is 6. The maximum absolute atomic E-state index is 3.41. The fourth-order valence-electron chi connectivity index (χ4n) is 1.55. The third-order valence-corrected chi connectivity index (χ3v) is 2.54. The van der Waals surface area contributed by atoms with E-state index in [4.69, 9.17) is 0 Å². The second-order valence-corrected chi connectivity index (χ2v) is 4.34. The highest BCUT2D eigenvalue weighted by molar-refractivity contribution is 4.57. The van der Waals surface area contributed by atoms with Crippen molar-refractivity contribution in [1.29, 1.82) is 0 Å². The summed E-state index contributed by atoms with van der Waals surface area (Å²) in [6.07, 6.45) is 0. The van der Waals surface area contributed by atoms with Gasteiger partial charge in [0.05, 0.1) is 0 Å². The quantitative estimate of drug-likeness (QED) is 0.388. The fourth-order valence-corrected chi connectivity index (χ4v) is 1.55. The SMILES string of the molecule is CN1CCNCNCN(C)CNCCNC1. The highest BCUT2D eigenvalue weighted by Gasteiger charge is 1.99. The normalized spacial score (nSPS) is 25.1. The van der Waals surface area contributed by atoms with Gasteiger partial charge >= 0.3 is 0 Å². The van der Waals surface area contributed by atoms with Crippen LogP contribution < -0.4 is 21.3 Å². The second-order valence-electron chi connectivity index (χ2n) is 4.34. The first-order valence-electron chi connectivity index (χ1n) is 5.99. The molecule has 0 bridgehead atoms. The summed E-state index contributed by atoms with van der Waals surface area (Å²) in [6, 6.07) is 0. The first-order chi connectivity index (χ1) is 7.79. The zero-order chi connectivity index (χ0) is 11.6. The number of nitrogens with zero attached hydrogens (tertiary/aromatic N) is 2. The Hall–Kier alpha value is -0.240. The molecule has 1 saturated heterocycles. The molecule has 1 aliphatic rings.